The standard InChI is InChI=1S/C24H28N2O/c25-24(27)15-21(19-11-5-2-6-12-19)22-17-26(16-18-9-3-1-4-10-18)23-14-8-7-13-20(22)23/h2,5-8,11-14,17-18,21H,1,3-4,9-10,15-16H2,(H2,25,27). The number of benzene rings is 2. The van der Waals surface area contributed by atoms with Crippen LogP contribution in [0.5, 0.6) is 0 Å². The first-order valence-corrected chi connectivity index (χ1v) is 10.1. The number of carbonyl (C=O) groups excluding carboxylic acids is 1. The fourth-order valence-corrected chi connectivity index (χ4v) is 4.65. The molecule has 1 aliphatic carbocycles. The first kappa shape index (κ1) is 17.8. The zero-order valence-electron chi connectivity index (χ0n) is 15.8. The van der Waals surface area contributed by atoms with E-state index in [4.69, 9.17) is 5.73 Å². The Morgan fingerprint density at radius 3 is 2.44 bits per heavy atom. The Morgan fingerprint density at radius 2 is 1.70 bits per heavy atom. The average molecular weight is 361 g/mol. The molecule has 0 spiro atoms. The van der Waals surface area contributed by atoms with E-state index in [1.54, 1.807) is 0 Å². The topological polar surface area (TPSA) is 48.0 Å². The van der Waals surface area contributed by atoms with Crippen LogP contribution in [0.3, 0.4) is 0 Å². The van der Waals surface area contributed by atoms with Crippen molar-refractivity contribution in [1.29, 1.82) is 0 Å². The molecular weight excluding hydrogens is 332 g/mol. The van der Waals surface area contributed by atoms with Crippen LogP contribution in [0.2, 0.25) is 0 Å². The number of hydrogen-bond acceptors (Lipinski definition) is 1. The summed E-state index contributed by atoms with van der Waals surface area (Å²) in [6.45, 7) is 1.07. The molecule has 2 N–H and O–H groups in total. The van der Waals surface area contributed by atoms with Crippen LogP contribution < -0.4 is 5.73 Å². The molecule has 0 saturated heterocycles. The SMILES string of the molecule is NC(=O)CC(c1ccccc1)c1cn(CC2CCCCC2)c2ccccc12. The van der Waals surface area contributed by atoms with Crippen LogP contribution in [0.4, 0.5) is 0 Å². The van der Waals surface area contributed by atoms with Gasteiger partial charge in [-0.2, -0.15) is 0 Å². The molecule has 1 heterocycles. The lowest BCUT2D eigenvalue weighted by atomic mass is 9.88. The molecule has 1 atom stereocenters. The minimum absolute atomic E-state index is 0.00112. The van der Waals surface area contributed by atoms with E-state index < -0.39 is 0 Å². The number of fused-ring (bicyclic) bond motifs is 1. The lowest BCUT2D eigenvalue weighted by Gasteiger charge is -2.22. The van der Waals surface area contributed by atoms with Crippen LogP contribution in [0.15, 0.2) is 60.8 Å². The summed E-state index contributed by atoms with van der Waals surface area (Å²) in [6.07, 6.45) is 9.34. The summed E-state index contributed by atoms with van der Waals surface area (Å²) in [7, 11) is 0. The number of para-hydroxylation sites is 1. The molecule has 1 fully saturated rings. The van der Waals surface area contributed by atoms with E-state index in [-0.39, 0.29) is 11.8 Å². The van der Waals surface area contributed by atoms with Crippen molar-refractivity contribution in [1.82, 2.24) is 4.57 Å². The van der Waals surface area contributed by atoms with Gasteiger partial charge in [0.05, 0.1) is 0 Å². The molecule has 4 rings (SSSR count). The quantitative estimate of drug-likeness (QED) is 0.643. The van der Waals surface area contributed by atoms with Crippen molar-refractivity contribution in [3.05, 3.63) is 71.9 Å². The van der Waals surface area contributed by atoms with Gasteiger partial charge in [-0.1, -0.05) is 67.8 Å². The monoisotopic (exact) mass is 360 g/mol. The second-order valence-corrected chi connectivity index (χ2v) is 7.89. The molecule has 1 saturated carbocycles. The van der Waals surface area contributed by atoms with Gasteiger partial charge in [-0.3, -0.25) is 4.79 Å². The van der Waals surface area contributed by atoms with E-state index in [0.29, 0.717) is 6.42 Å². The highest BCUT2D eigenvalue weighted by molar-refractivity contribution is 5.86. The summed E-state index contributed by atoms with van der Waals surface area (Å²) < 4.78 is 2.41. The molecule has 1 amide bonds. The average Bonchev–Trinajstić information content (AvgIpc) is 3.06. The second-order valence-electron chi connectivity index (χ2n) is 7.89. The molecule has 3 heteroatoms. The Balaban J connectivity index is 1.76. The summed E-state index contributed by atoms with van der Waals surface area (Å²) in [5.74, 6) is 0.503. The largest absolute Gasteiger partial charge is 0.370 e. The molecular formula is C24H28N2O. The van der Waals surface area contributed by atoms with Crippen LogP contribution in [0.1, 0.15) is 55.6 Å². The molecule has 2 aromatic carbocycles. The fraction of sp³-hybridized carbons (Fsp3) is 0.375. The number of rotatable bonds is 6. The van der Waals surface area contributed by atoms with Crippen molar-refractivity contribution >= 4 is 16.8 Å². The number of hydrogen-bond donors (Lipinski definition) is 1. The number of nitrogens with two attached hydrogens (primary N) is 1. The maximum Gasteiger partial charge on any atom is 0.218 e. The number of primary amides is 1. The van der Waals surface area contributed by atoms with E-state index in [2.05, 4.69) is 47.2 Å². The third kappa shape index (κ3) is 3.92. The summed E-state index contributed by atoms with van der Waals surface area (Å²) >= 11 is 0. The first-order valence-electron chi connectivity index (χ1n) is 10.1. The van der Waals surface area contributed by atoms with Crippen LogP contribution >= 0.6 is 0 Å². The Kier molecular flexibility index (Phi) is 5.28. The van der Waals surface area contributed by atoms with Crippen molar-refractivity contribution in [2.24, 2.45) is 11.7 Å². The van der Waals surface area contributed by atoms with Crippen molar-refractivity contribution in [3.8, 4) is 0 Å². The van der Waals surface area contributed by atoms with Crippen LogP contribution in [-0.2, 0) is 11.3 Å². The second kappa shape index (κ2) is 7.99. The van der Waals surface area contributed by atoms with E-state index in [1.165, 1.54) is 48.6 Å². The van der Waals surface area contributed by atoms with E-state index >= 15 is 0 Å². The predicted molar refractivity (Wildman–Crippen MR) is 111 cm³/mol. The fourth-order valence-electron chi connectivity index (χ4n) is 4.65. The highest BCUT2D eigenvalue weighted by atomic mass is 16.1. The number of amides is 1. The third-order valence-corrected chi connectivity index (χ3v) is 5.98. The molecule has 1 aromatic heterocycles. The molecule has 0 aliphatic heterocycles. The first-order chi connectivity index (χ1) is 13.2. The van der Waals surface area contributed by atoms with Gasteiger partial charge in [0.15, 0.2) is 0 Å². The Morgan fingerprint density at radius 1 is 1.00 bits per heavy atom. The van der Waals surface area contributed by atoms with E-state index in [1.807, 2.05) is 18.2 Å². The van der Waals surface area contributed by atoms with Gasteiger partial charge in [0.2, 0.25) is 5.91 Å². The molecule has 3 nitrogen and oxygen atoms in total. The Labute approximate surface area is 161 Å². The van der Waals surface area contributed by atoms with Gasteiger partial charge in [0, 0.05) is 36.0 Å². The summed E-state index contributed by atoms with van der Waals surface area (Å²) in [5.41, 5.74) is 9.25. The van der Waals surface area contributed by atoms with Crippen molar-refractivity contribution in [2.45, 2.75) is 51.0 Å². The smallest absolute Gasteiger partial charge is 0.218 e. The van der Waals surface area contributed by atoms with Gasteiger partial charge in [-0.25, -0.2) is 0 Å². The lowest BCUT2D eigenvalue weighted by molar-refractivity contribution is -0.118. The zero-order valence-corrected chi connectivity index (χ0v) is 15.8. The van der Waals surface area contributed by atoms with Crippen LogP contribution in [-0.4, -0.2) is 10.5 Å². The molecule has 0 radical (unpaired) electrons. The Bertz CT molecular complexity index is 907. The summed E-state index contributed by atoms with van der Waals surface area (Å²) in [6, 6.07) is 18.8. The minimum Gasteiger partial charge on any atom is -0.370 e. The highest BCUT2D eigenvalue weighted by Crippen LogP contribution is 2.36. The normalized spacial score (nSPS) is 16.4. The Hall–Kier alpha value is -2.55. The molecule has 0 bridgehead atoms. The highest BCUT2D eigenvalue weighted by Gasteiger charge is 2.23. The van der Waals surface area contributed by atoms with Crippen molar-refractivity contribution in [3.63, 3.8) is 0 Å². The number of nitrogens with zero attached hydrogens (tertiary/aromatic N) is 1. The minimum atomic E-state index is -0.257. The number of aromatic nitrogens is 1. The molecule has 3 aromatic rings. The van der Waals surface area contributed by atoms with Gasteiger partial charge in [0.25, 0.3) is 0 Å². The number of carbonyl (C=O) groups is 1. The van der Waals surface area contributed by atoms with Crippen LogP contribution in [0.25, 0.3) is 10.9 Å². The molecule has 140 valence electrons. The van der Waals surface area contributed by atoms with E-state index in [0.717, 1.165) is 18.0 Å². The molecule has 1 aliphatic rings. The van der Waals surface area contributed by atoms with E-state index in [9.17, 15) is 4.79 Å². The van der Waals surface area contributed by atoms with Crippen molar-refractivity contribution < 1.29 is 4.79 Å². The summed E-state index contributed by atoms with van der Waals surface area (Å²) in [4.78, 5) is 11.8. The summed E-state index contributed by atoms with van der Waals surface area (Å²) in [5, 5.41) is 1.24. The van der Waals surface area contributed by atoms with Crippen LogP contribution in [0, 0.1) is 5.92 Å². The maximum absolute atomic E-state index is 11.8. The van der Waals surface area contributed by atoms with Gasteiger partial charge < -0.3 is 10.3 Å². The molecule has 27 heavy (non-hydrogen) atoms. The van der Waals surface area contributed by atoms with Gasteiger partial charge in [0.1, 0.15) is 0 Å². The van der Waals surface area contributed by atoms with Gasteiger partial charge in [-0.15, -0.1) is 0 Å². The van der Waals surface area contributed by atoms with Crippen molar-refractivity contribution in [2.75, 3.05) is 0 Å². The van der Waals surface area contributed by atoms with Gasteiger partial charge in [-0.05, 0) is 36.0 Å². The maximum atomic E-state index is 11.8. The lowest BCUT2D eigenvalue weighted by Crippen LogP contribution is -2.16. The van der Waals surface area contributed by atoms with Gasteiger partial charge >= 0.3 is 0 Å². The predicted octanol–water partition coefficient (Wildman–Crippen LogP) is 5.23. The zero-order chi connectivity index (χ0) is 18.6. The third-order valence-electron chi connectivity index (χ3n) is 5.98. The molecule has 1 unspecified atom stereocenters.